The van der Waals surface area contributed by atoms with Crippen molar-refractivity contribution in [2.24, 2.45) is 5.92 Å². The molecule has 1 aliphatic rings. The molecule has 0 amide bonds. The Balaban J connectivity index is 1.99. The van der Waals surface area contributed by atoms with Gasteiger partial charge in [0.05, 0.1) is 6.54 Å². The third-order valence-electron chi connectivity index (χ3n) is 3.64. The molecule has 0 saturated heterocycles. The summed E-state index contributed by atoms with van der Waals surface area (Å²) in [6.45, 7) is 13.1. The number of fused-ring (bicyclic) bond motifs is 1. The van der Waals surface area contributed by atoms with Crippen LogP contribution in [-0.4, -0.2) is 44.8 Å². The second-order valence-electron chi connectivity index (χ2n) is 5.79. The lowest BCUT2D eigenvalue weighted by Gasteiger charge is -2.37. The zero-order valence-electron chi connectivity index (χ0n) is 11.9. The van der Waals surface area contributed by atoms with E-state index >= 15 is 0 Å². The minimum absolute atomic E-state index is 0.541. The summed E-state index contributed by atoms with van der Waals surface area (Å²) < 4.78 is 2.16. The van der Waals surface area contributed by atoms with Gasteiger partial charge in [0, 0.05) is 31.7 Å². The summed E-state index contributed by atoms with van der Waals surface area (Å²) in [5.41, 5.74) is 0. The zero-order chi connectivity index (χ0) is 13.1. The molecule has 1 aliphatic heterocycles. The molecule has 2 rings (SSSR count). The molecule has 1 atom stereocenters. The Labute approximate surface area is 110 Å². The Morgan fingerprint density at radius 2 is 2.06 bits per heavy atom. The largest absolute Gasteiger partial charge is 0.315 e. The van der Waals surface area contributed by atoms with Crippen molar-refractivity contribution in [3.05, 3.63) is 12.2 Å². The zero-order valence-corrected chi connectivity index (χ0v) is 11.9. The first-order valence-electron chi connectivity index (χ1n) is 6.92. The lowest BCUT2D eigenvalue weighted by molar-refractivity contribution is 0.115. The van der Waals surface area contributed by atoms with Crippen LogP contribution in [0.4, 0.5) is 0 Å². The second kappa shape index (κ2) is 5.80. The molecule has 0 aromatic carbocycles. The van der Waals surface area contributed by atoms with Gasteiger partial charge in [-0.2, -0.15) is 0 Å². The SMILES string of the molecule is CC(C)NCC(C(C)C)N1CCn2cnnc2C1. The van der Waals surface area contributed by atoms with E-state index in [1.54, 1.807) is 0 Å². The fourth-order valence-electron chi connectivity index (χ4n) is 2.51. The van der Waals surface area contributed by atoms with Crippen LogP contribution in [0.15, 0.2) is 6.33 Å². The molecular weight excluding hydrogens is 226 g/mol. The van der Waals surface area contributed by atoms with Crippen LogP contribution in [0.1, 0.15) is 33.5 Å². The number of rotatable bonds is 5. The van der Waals surface area contributed by atoms with Crippen LogP contribution in [0.2, 0.25) is 0 Å². The van der Waals surface area contributed by atoms with E-state index in [1.165, 1.54) is 0 Å². The minimum Gasteiger partial charge on any atom is -0.315 e. The first-order chi connectivity index (χ1) is 8.58. The molecule has 0 saturated carbocycles. The highest BCUT2D eigenvalue weighted by atomic mass is 15.3. The van der Waals surface area contributed by atoms with Crippen LogP contribution < -0.4 is 5.32 Å². The van der Waals surface area contributed by atoms with Crippen LogP contribution in [0.3, 0.4) is 0 Å². The second-order valence-corrected chi connectivity index (χ2v) is 5.79. The van der Waals surface area contributed by atoms with Crippen molar-refractivity contribution in [2.45, 2.75) is 52.9 Å². The van der Waals surface area contributed by atoms with Gasteiger partial charge in [0.1, 0.15) is 12.2 Å². The molecule has 2 heterocycles. The van der Waals surface area contributed by atoms with Gasteiger partial charge in [-0.05, 0) is 5.92 Å². The van der Waals surface area contributed by atoms with Crippen molar-refractivity contribution in [1.82, 2.24) is 25.0 Å². The highest BCUT2D eigenvalue weighted by molar-refractivity contribution is 4.92. The van der Waals surface area contributed by atoms with Crippen molar-refractivity contribution in [1.29, 1.82) is 0 Å². The number of hydrogen-bond donors (Lipinski definition) is 1. The molecule has 1 aromatic heterocycles. The average Bonchev–Trinajstić information content (AvgIpc) is 2.75. The van der Waals surface area contributed by atoms with Gasteiger partial charge < -0.3 is 9.88 Å². The first kappa shape index (κ1) is 13.5. The molecule has 0 radical (unpaired) electrons. The van der Waals surface area contributed by atoms with E-state index in [4.69, 9.17) is 0 Å². The maximum Gasteiger partial charge on any atom is 0.147 e. The maximum atomic E-state index is 4.19. The van der Waals surface area contributed by atoms with E-state index in [2.05, 4.69) is 52.7 Å². The van der Waals surface area contributed by atoms with E-state index in [-0.39, 0.29) is 0 Å². The van der Waals surface area contributed by atoms with Crippen LogP contribution in [0.5, 0.6) is 0 Å². The van der Waals surface area contributed by atoms with Crippen molar-refractivity contribution < 1.29 is 0 Å². The lowest BCUT2D eigenvalue weighted by Crippen LogP contribution is -2.49. The van der Waals surface area contributed by atoms with Gasteiger partial charge in [-0.15, -0.1) is 10.2 Å². The summed E-state index contributed by atoms with van der Waals surface area (Å²) in [7, 11) is 0. The predicted octanol–water partition coefficient (Wildman–Crippen LogP) is 1.12. The molecule has 0 aliphatic carbocycles. The topological polar surface area (TPSA) is 46.0 Å². The van der Waals surface area contributed by atoms with Crippen LogP contribution >= 0.6 is 0 Å². The summed E-state index contributed by atoms with van der Waals surface area (Å²) in [5, 5.41) is 11.7. The van der Waals surface area contributed by atoms with Crippen LogP contribution in [0, 0.1) is 5.92 Å². The third kappa shape index (κ3) is 3.09. The molecule has 5 heteroatoms. The van der Waals surface area contributed by atoms with E-state index in [0.29, 0.717) is 18.0 Å². The number of nitrogens with zero attached hydrogens (tertiary/aromatic N) is 4. The van der Waals surface area contributed by atoms with Crippen LogP contribution in [-0.2, 0) is 13.1 Å². The smallest absolute Gasteiger partial charge is 0.147 e. The number of aromatic nitrogens is 3. The van der Waals surface area contributed by atoms with E-state index in [1.807, 2.05) is 6.33 Å². The highest BCUT2D eigenvalue weighted by Crippen LogP contribution is 2.17. The van der Waals surface area contributed by atoms with Gasteiger partial charge in [0.2, 0.25) is 0 Å². The summed E-state index contributed by atoms with van der Waals surface area (Å²) in [6.07, 6.45) is 1.84. The summed E-state index contributed by atoms with van der Waals surface area (Å²) in [5.74, 6) is 1.74. The van der Waals surface area contributed by atoms with Crippen molar-refractivity contribution in [3.8, 4) is 0 Å². The van der Waals surface area contributed by atoms with Gasteiger partial charge in [-0.25, -0.2) is 0 Å². The molecule has 0 spiro atoms. The van der Waals surface area contributed by atoms with Crippen molar-refractivity contribution in [3.63, 3.8) is 0 Å². The molecule has 1 unspecified atom stereocenters. The number of nitrogens with one attached hydrogen (secondary N) is 1. The summed E-state index contributed by atoms with van der Waals surface area (Å²) >= 11 is 0. The molecule has 1 N–H and O–H groups in total. The molecule has 0 bridgehead atoms. The van der Waals surface area contributed by atoms with Crippen LogP contribution in [0.25, 0.3) is 0 Å². The Bertz CT molecular complexity index is 371. The van der Waals surface area contributed by atoms with Crippen molar-refractivity contribution >= 4 is 0 Å². The maximum absolute atomic E-state index is 4.19. The van der Waals surface area contributed by atoms with Gasteiger partial charge >= 0.3 is 0 Å². The standard InChI is InChI=1S/C13H25N5/c1-10(2)12(7-14-11(3)4)17-5-6-18-9-15-16-13(18)8-17/h9-12,14H,5-8H2,1-4H3. The molecule has 5 nitrogen and oxygen atoms in total. The Hall–Kier alpha value is -0.940. The lowest BCUT2D eigenvalue weighted by atomic mass is 10.0. The quantitative estimate of drug-likeness (QED) is 0.852. The molecule has 1 aromatic rings. The van der Waals surface area contributed by atoms with Gasteiger partial charge in [-0.3, -0.25) is 4.90 Å². The highest BCUT2D eigenvalue weighted by Gasteiger charge is 2.26. The molecular formula is C13H25N5. The third-order valence-corrected chi connectivity index (χ3v) is 3.64. The van der Waals surface area contributed by atoms with Gasteiger partial charge in [-0.1, -0.05) is 27.7 Å². The minimum atomic E-state index is 0.541. The van der Waals surface area contributed by atoms with E-state index in [9.17, 15) is 0 Å². The number of hydrogen-bond acceptors (Lipinski definition) is 4. The predicted molar refractivity (Wildman–Crippen MR) is 72.2 cm³/mol. The average molecular weight is 251 g/mol. The molecule has 102 valence electrons. The van der Waals surface area contributed by atoms with E-state index in [0.717, 1.165) is 32.0 Å². The Kier molecular flexibility index (Phi) is 4.35. The van der Waals surface area contributed by atoms with Gasteiger partial charge in [0.25, 0.3) is 0 Å². The Morgan fingerprint density at radius 1 is 1.28 bits per heavy atom. The first-order valence-corrected chi connectivity index (χ1v) is 6.92. The summed E-state index contributed by atoms with van der Waals surface area (Å²) in [4.78, 5) is 2.53. The normalized spacial score (nSPS) is 18.3. The molecule has 0 fully saturated rings. The molecule has 18 heavy (non-hydrogen) atoms. The van der Waals surface area contributed by atoms with Crippen molar-refractivity contribution in [2.75, 3.05) is 13.1 Å². The fraction of sp³-hybridized carbons (Fsp3) is 0.846. The van der Waals surface area contributed by atoms with E-state index < -0.39 is 0 Å². The fourth-order valence-corrected chi connectivity index (χ4v) is 2.51. The Morgan fingerprint density at radius 3 is 2.72 bits per heavy atom. The monoisotopic (exact) mass is 251 g/mol. The van der Waals surface area contributed by atoms with Gasteiger partial charge in [0.15, 0.2) is 0 Å². The summed E-state index contributed by atoms with van der Waals surface area (Å²) in [6, 6.07) is 1.11.